The van der Waals surface area contributed by atoms with Crippen LogP contribution in [-0.2, 0) is 24.8 Å². The smallest absolute Gasteiger partial charge is 0.264 e. The van der Waals surface area contributed by atoms with Gasteiger partial charge in [-0.3, -0.25) is 9.10 Å². The molecule has 1 amide bonds. The summed E-state index contributed by atoms with van der Waals surface area (Å²) in [5.41, 5.74) is 1.06. The normalized spacial score (nSPS) is 11.5. The Morgan fingerprint density at radius 1 is 0.868 bits per heavy atom. The number of benzene rings is 3. The summed E-state index contributed by atoms with van der Waals surface area (Å²) in [6, 6.07) is 19.2. The topological polar surface area (TPSA) is 138 Å². The molecule has 0 fully saturated rings. The number of rotatable bonds is 9. The number of nitrogens with one attached hydrogen (secondary N) is 2. The maximum Gasteiger partial charge on any atom is 0.264 e. The van der Waals surface area contributed by atoms with Crippen LogP contribution in [0.25, 0.3) is 0 Å². The van der Waals surface area contributed by atoms with Gasteiger partial charge in [-0.1, -0.05) is 18.2 Å². The van der Waals surface area contributed by atoms with Crippen molar-refractivity contribution in [2.45, 2.75) is 16.7 Å². The molecule has 0 aliphatic carbocycles. The molecule has 38 heavy (non-hydrogen) atoms. The molecule has 0 atom stereocenters. The molecule has 0 bridgehead atoms. The first kappa shape index (κ1) is 26.7. The van der Waals surface area contributed by atoms with Crippen LogP contribution in [0.15, 0.2) is 101 Å². The summed E-state index contributed by atoms with van der Waals surface area (Å²) < 4.78 is 68.4. The van der Waals surface area contributed by atoms with Gasteiger partial charge in [0.15, 0.2) is 0 Å². The molecular formula is C25H22FN5O5S2. The van der Waals surface area contributed by atoms with Gasteiger partial charge < -0.3 is 5.32 Å². The molecule has 3 aromatic carbocycles. The molecule has 0 spiro atoms. The van der Waals surface area contributed by atoms with Crippen molar-refractivity contribution >= 4 is 43.3 Å². The first-order valence-electron chi connectivity index (χ1n) is 11.1. The van der Waals surface area contributed by atoms with E-state index in [1.165, 1.54) is 42.6 Å². The van der Waals surface area contributed by atoms with Crippen LogP contribution in [0.1, 0.15) is 5.69 Å². The molecule has 4 rings (SSSR count). The highest BCUT2D eigenvalue weighted by Crippen LogP contribution is 2.24. The van der Waals surface area contributed by atoms with E-state index in [-0.39, 0.29) is 27.1 Å². The molecule has 0 unspecified atom stereocenters. The van der Waals surface area contributed by atoms with E-state index in [1.807, 2.05) is 0 Å². The monoisotopic (exact) mass is 555 g/mol. The first-order chi connectivity index (χ1) is 18.0. The van der Waals surface area contributed by atoms with Gasteiger partial charge in [-0.15, -0.1) is 0 Å². The molecule has 0 aliphatic rings. The van der Waals surface area contributed by atoms with Crippen LogP contribution in [0.5, 0.6) is 0 Å². The number of hydrogen-bond donors (Lipinski definition) is 2. The number of aryl methyl sites for hydroxylation is 1. The van der Waals surface area contributed by atoms with Crippen molar-refractivity contribution in [3.05, 3.63) is 103 Å². The van der Waals surface area contributed by atoms with Crippen molar-refractivity contribution in [1.29, 1.82) is 0 Å². The zero-order valence-corrected chi connectivity index (χ0v) is 21.6. The summed E-state index contributed by atoms with van der Waals surface area (Å²) >= 11 is 0. The van der Waals surface area contributed by atoms with Gasteiger partial charge in [-0.2, -0.15) is 0 Å². The summed E-state index contributed by atoms with van der Waals surface area (Å²) in [6.07, 6.45) is 1.42. The van der Waals surface area contributed by atoms with Crippen molar-refractivity contribution in [1.82, 2.24) is 9.97 Å². The third-order valence-electron chi connectivity index (χ3n) is 5.20. The molecule has 13 heteroatoms. The minimum atomic E-state index is -4.21. The number of halogens is 1. The lowest BCUT2D eigenvalue weighted by molar-refractivity contribution is -0.114. The summed E-state index contributed by atoms with van der Waals surface area (Å²) in [4.78, 5) is 20.5. The number of amides is 1. The number of hydrogen-bond acceptors (Lipinski definition) is 7. The van der Waals surface area contributed by atoms with Crippen LogP contribution < -0.4 is 14.3 Å². The number of para-hydroxylation sites is 1. The Kier molecular flexibility index (Phi) is 7.69. The summed E-state index contributed by atoms with van der Waals surface area (Å²) in [6.45, 7) is 1.11. The van der Waals surface area contributed by atoms with Gasteiger partial charge in [0.2, 0.25) is 11.9 Å². The van der Waals surface area contributed by atoms with Gasteiger partial charge in [0, 0.05) is 17.6 Å². The molecule has 0 saturated carbocycles. The third-order valence-corrected chi connectivity index (χ3v) is 8.33. The molecule has 0 aliphatic heterocycles. The van der Waals surface area contributed by atoms with E-state index in [0.29, 0.717) is 5.69 Å². The number of carbonyl (C=O) groups excluding carboxylic acids is 1. The maximum atomic E-state index is 13.4. The quantitative estimate of drug-likeness (QED) is 0.322. The highest BCUT2D eigenvalue weighted by Gasteiger charge is 2.27. The lowest BCUT2D eigenvalue weighted by atomic mass is 10.3. The Morgan fingerprint density at radius 2 is 1.50 bits per heavy atom. The zero-order chi connectivity index (χ0) is 27.3. The van der Waals surface area contributed by atoms with E-state index in [4.69, 9.17) is 0 Å². The lowest BCUT2D eigenvalue weighted by Crippen LogP contribution is -2.38. The first-order valence-corrected chi connectivity index (χ1v) is 14.0. The number of nitrogens with zero attached hydrogens (tertiary/aromatic N) is 3. The minimum Gasteiger partial charge on any atom is -0.325 e. The molecule has 0 radical (unpaired) electrons. The van der Waals surface area contributed by atoms with Crippen LogP contribution in [0.3, 0.4) is 0 Å². The molecule has 1 aromatic heterocycles. The summed E-state index contributed by atoms with van der Waals surface area (Å²) in [5, 5.41) is 2.57. The van der Waals surface area contributed by atoms with Crippen molar-refractivity contribution in [2.75, 3.05) is 20.9 Å². The van der Waals surface area contributed by atoms with Crippen molar-refractivity contribution in [3.8, 4) is 0 Å². The lowest BCUT2D eigenvalue weighted by Gasteiger charge is -2.24. The Labute approximate surface area is 219 Å². The zero-order valence-electron chi connectivity index (χ0n) is 19.9. The fourth-order valence-corrected chi connectivity index (χ4v) is 5.74. The predicted molar refractivity (Wildman–Crippen MR) is 140 cm³/mol. The van der Waals surface area contributed by atoms with E-state index >= 15 is 0 Å². The van der Waals surface area contributed by atoms with Gasteiger partial charge >= 0.3 is 0 Å². The second kappa shape index (κ2) is 10.9. The SMILES string of the molecule is Cc1ccnc(NS(=O)(=O)c2ccc(NC(=O)CN(c3ccccc3)S(=O)(=O)c3ccc(F)cc3)cc2)n1. The Hall–Kier alpha value is -4.36. The molecule has 0 saturated heterocycles. The fourth-order valence-electron chi connectivity index (χ4n) is 3.37. The van der Waals surface area contributed by atoms with Gasteiger partial charge in [0.25, 0.3) is 20.0 Å². The van der Waals surface area contributed by atoms with Crippen LogP contribution in [0, 0.1) is 12.7 Å². The van der Waals surface area contributed by atoms with E-state index in [1.54, 1.807) is 31.2 Å². The molecule has 1 heterocycles. The number of anilines is 3. The van der Waals surface area contributed by atoms with E-state index in [2.05, 4.69) is 20.0 Å². The average Bonchev–Trinajstić information content (AvgIpc) is 2.88. The molecule has 2 N–H and O–H groups in total. The van der Waals surface area contributed by atoms with E-state index < -0.39 is 38.3 Å². The molecule has 10 nitrogen and oxygen atoms in total. The van der Waals surface area contributed by atoms with Crippen molar-refractivity contribution < 1.29 is 26.0 Å². The van der Waals surface area contributed by atoms with Crippen molar-refractivity contribution in [3.63, 3.8) is 0 Å². The number of aromatic nitrogens is 2. The Balaban J connectivity index is 1.51. The fraction of sp³-hybridized carbons (Fsp3) is 0.0800. The molecule has 196 valence electrons. The highest BCUT2D eigenvalue weighted by molar-refractivity contribution is 7.93. The van der Waals surface area contributed by atoms with E-state index in [0.717, 1.165) is 28.6 Å². The number of sulfonamides is 2. The third kappa shape index (κ3) is 6.30. The largest absolute Gasteiger partial charge is 0.325 e. The molecule has 4 aromatic rings. The Bertz CT molecular complexity index is 1650. The summed E-state index contributed by atoms with van der Waals surface area (Å²) in [5.74, 6) is -1.35. The van der Waals surface area contributed by atoms with Crippen LogP contribution in [0.4, 0.5) is 21.7 Å². The average molecular weight is 556 g/mol. The highest BCUT2D eigenvalue weighted by atomic mass is 32.2. The second-order valence-corrected chi connectivity index (χ2v) is 11.5. The molecular weight excluding hydrogens is 533 g/mol. The maximum absolute atomic E-state index is 13.4. The van der Waals surface area contributed by atoms with Crippen LogP contribution >= 0.6 is 0 Å². The Morgan fingerprint density at radius 3 is 2.13 bits per heavy atom. The predicted octanol–water partition coefficient (Wildman–Crippen LogP) is 3.56. The number of carbonyl (C=O) groups is 1. The van der Waals surface area contributed by atoms with Gasteiger partial charge in [0.05, 0.1) is 15.5 Å². The minimum absolute atomic E-state index is 0.0780. The van der Waals surface area contributed by atoms with Crippen LogP contribution in [0.2, 0.25) is 0 Å². The van der Waals surface area contributed by atoms with Crippen LogP contribution in [-0.4, -0.2) is 39.3 Å². The second-order valence-electron chi connectivity index (χ2n) is 8.00. The standard InChI is InChI=1S/C25H22FN5O5S2/c1-18-15-16-27-25(28-18)30-37(33,34)22-13-9-20(10-14-22)29-24(32)17-31(21-5-3-2-4-6-21)38(35,36)23-11-7-19(26)8-12-23/h2-16H,17H2,1H3,(H,29,32)(H,27,28,30). The van der Waals surface area contributed by atoms with Gasteiger partial charge in [0.1, 0.15) is 12.4 Å². The van der Waals surface area contributed by atoms with Gasteiger partial charge in [-0.25, -0.2) is 35.9 Å². The summed E-state index contributed by atoms with van der Waals surface area (Å²) in [7, 11) is -8.20. The van der Waals surface area contributed by atoms with Gasteiger partial charge in [-0.05, 0) is 73.7 Å². The van der Waals surface area contributed by atoms with E-state index in [9.17, 15) is 26.0 Å². The van der Waals surface area contributed by atoms with Crippen molar-refractivity contribution in [2.24, 2.45) is 0 Å².